The molecule has 0 amide bonds. The lowest BCUT2D eigenvalue weighted by molar-refractivity contribution is 1.25. The van der Waals surface area contributed by atoms with Crippen molar-refractivity contribution in [3.8, 4) is 55.6 Å². The van der Waals surface area contributed by atoms with Crippen LogP contribution in [0.3, 0.4) is 0 Å². The fourth-order valence-electron chi connectivity index (χ4n) is 8.93. The Labute approximate surface area is 393 Å². The first-order chi connectivity index (χ1) is 34.3. The molecule has 0 N–H and O–H groups in total. The van der Waals surface area contributed by atoms with E-state index in [2.05, 4.69) is 168 Å². The number of anilines is 6. The van der Waals surface area contributed by atoms with Crippen LogP contribution in [0.25, 0.3) is 66.4 Å². The molecule has 2 nitrogen and oxygen atoms in total. The average molecular weight is 847 g/mol. The van der Waals surface area contributed by atoms with E-state index < -0.39 is 0 Å². The van der Waals surface area contributed by atoms with Gasteiger partial charge in [-0.25, -0.2) is 0 Å². The first kappa shape index (κ1) is 35.7. The third-order valence-electron chi connectivity index (χ3n) is 12.2. The molecular weight excluding hydrogens is 797 g/mol. The number of hydrogen-bond donors (Lipinski definition) is 0. The summed E-state index contributed by atoms with van der Waals surface area (Å²) >= 11 is 0. The molecule has 0 spiro atoms. The van der Waals surface area contributed by atoms with E-state index in [0.29, 0.717) is 24.2 Å². The molecule has 0 atom stereocenters. The van der Waals surface area contributed by atoms with E-state index in [0.717, 1.165) is 101 Å². The molecule has 11 aromatic carbocycles. The van der Waals surface area contributed by atoms with Gasteiger partial charge in [0.15, 0.2) is 0 Å². The largest absolute Gasteiger partial charge is 0.310 e. The molecule has 0 aliphatic heterocycles. The molecule has 0 saturated carbocycles. The van der Waals surface area contributed by atoms with Crippen molar-refractivity contribution in [2.75, 3.05) is 9.80 Å². The van der Waals surface area contributed by atoms with Crippen molar-refractivity contribution in [2.45, 2.75) is 0 Å². The van der Waals surface area contributed by atoms with Crippen LogP contribution in [0.2, 0.25) is 0 Å². The smallest absolute Gasteiger partial charge is 0.0623 e. The Morgan fingerprint density at radius 1 is 0.227 bits per heavy atom. The van der Waals surface area contributed by atoms with Crippen molar-refractivity contribution in [1.82, 2.24) is 0 Å². The van der Waals surface area contributed by atoms with Gasteiger partial charge in [0, 0.05) is 34.1 Å². The molecule has 0 saturated heterocycles. The number of nitrogens with zero attached hydrogens (tertiary/aromatic N) is 2. The van der Waals surface area contributed by atoms with Gasteiger partial charge in [-0.15, -0.1) is 0 Å². The van der Waals surface area contributed by atoms with Crippen molar-refractivity contribution >= 4 is 44.9 Å². The van der Waals surface area contributed by atoms with Crippen molar-refractivity contribution in [1.29, 1.82) is 0 Å². The second-order valence-electron chi connectivity index (χ2n) is 16.3. The zero-order chi connectivity index (χ0) is 47.6. The van der Waals surface area contributed by atoms with Crippen LogP contribution in [0.4, 0.5) is 34.1 Å². The number of benzene rings is 11. The lowest BCUT2D eigenvalue weighted by Crippen LogP contribution is -2.14. The summed E-state index contributed by atoms with van der Waals surface area (Å²) in [4.78, 5) is 4.65. The van der Waals surface area contributed by atoms with Crippen molar-refractivity contribution in [3.05, 3.63) is 279 Å². The Morgan fingerprint density at radius 2 is 0.576 bits per heavy atom. The van der Waals surface area contributed by atoms with Crippen LogP contribution in [-0.4, -0.2) is 0 Å². The van der Waals surface area contributed by atoms with E-state index in [1.165, 1.54) is 0 Å². The summed E-state index contributed by atoms with van der Waals surface area (Å²) in [5.74, 6) is 0. The summed E-state index contributed by atoms with van der Waals surface area (Å²) in [6.45, 7) is 0. The molecule has 0 fully saturated rings. The first-order valence-corrected chi connectivity index (χ1v) is 22.2. The van der Waals surface area contributed by atoms with Crippen LogP contribution in [0.5, 0.6) is 0 Å². The molecule has 11 rings (SSSR count). The highest BCUT2D eigenvalue weighted by molar-refractivity contribution is 5.99. The molecule has 0 aliphatic rings. The maximum atomic E-state index is 8.18. The fourth-order valence-corrected chi connectivity index (χ4v) is 8.93. The highest BCUT2D eigenvalue weighted by Crippen LogP contribution is 2.45. The SMILES string of the molecule is [2H]c1ccc(-c2ccc(N(c3ccc(-c4ccc([2H])cc4)cc3)c3cc(-c4cccc5ccccc45)cc(N(c4ccc(-c5ccc([2H])cc5)cc4)c4cccc(-c5ccc([2H])cc5)c4)c3)cc2)cc1. The quantitative estimate of drug-likeness (QED) is 0.128. The van der Waals surface area contributed by atoms with E-state index in [-0.39, 0.29) is 0 Å². The van der Waals surface area contributed by atoms with Gasteiger partial charge in [-0.1, -0.05) is 212 Å². The van der Waals surface area contributed by atoms with Gasteiger partial charge in [0.05, 0.1) is 5.48 Å². The van der Waals surface area contributed by atoms with Gasteiger partial charge in [0.25, 0.3) is 0 Å². The van der Waals surface area contributed by atoms with E-state index in [1.54, 1.807) is 0 Å². The Hall–Kier alpha value is -8.72. The standard InChI is InChI=1S/C64H46N2/c1-5-17-47(18-6-1)51-31-37-57(38-32-51)65(58-39-33-52(34-40-58)48-19-7-2-8-20-48)61-44-56(64-30-16-26-54-25-13-14-29-63(54)64)45-62(46-61)66(59-41-35-53(36-42-59)49-21-9-3-10-22-49)60-28-15-27-55(43-60)50-23-11-4-12-24-50/h1-46H/i1D,2D,3D,4D. The molecule has 0 heterocycles. The molecule has 2 heteroatoms. The molecule has 0 bridgehead atoms. The van der Waals surface area contributed by atoms with Gasteiger partial charge in [0.1, 0.15) is 0 Å². The number of rotatable bonds is 11. The maximum Gasteiger partial charge on any atom is 0.0623 e. The monoisotopic (exact) mass is 846 g/mol. The molecular formula is C64H46N2. The molecule has 0 unspecified atom stereocenters. The van der Waals surface area contributed by atoms with Gasteiger partial charge >= 0.3 is 0 Å². The summed E-state index contributed by atoms with van der Waals surface area (Å²) in [6.07, 6.45) is 0. The Balaban J connectivity index is 1.13. The van der Waals surface area contributed by atoms with Crippen molar-refractivity contribution in [3.63, 3.8) is 0 Å². The first-order valence-electron chi connectivity index (χ1n) is 24.2. The van der Waals surface area contributed by atoms with Crippen LogP contribution in [-0.2, 0) is 0 Å². The number of hydrogen-bond acceptors (Lipinski definition) is 2. The van der Waals surface area contributed by atoms with Gasteiger partial charge < -0.3 is 9.80 Å². The maximum absolute atomic E-state index is 8.18. The summed E-state index contributed by atoms with van der Waals surface area (Å²) in [6, 6.07) is 89.0. The topological polar surface area (TPSA) is 6.48 Å². The average Bonchev–Trinajstić information content (AvgIpc) is 3.40. The fraction of sp³-hybridized carbons (Fsp3) is 0. The van der Waals surface area contributed by atoms with Gasteiger partial charge in [-0.3, -0.25) is 0 Å². The third kappa shape index (κ3) is 8.28. The zero-order valence-electron chi connectivity index (χ0n) is 40.1. The molecule has 0 radical (unpaired) electrons. The Kier molecular flexibility index (Phi) is 9.83. The second kappa shape index (κ2) is 18.2. The molecule has 11 aromatic rings. The lowest BCUT2D eigenvalue weighted by Gasteiger charge is -2.31. The Bertz CT molecular complexity index is 3500. The third-order valence-corrected chi connectivity index (χ3v) is 12.2. The van der Waals surface area contributed by atoms with E-state index in [9.17, 15) is 0 Å². The highest BCUT2D eigenvalue weighted by atomic mass is 15.2. The summed E-state index contributed by atoms with van der Waals surface area (Å²) < 4.78 is 32.4. The minimum absolute atomic E-state index is 0.469. The van der Waals surface area contributed by atoms with Crippen LogP contribution in [0.15, 0.2) is 279 Å². The molecule has 0 aromatic heterocycles. The molecule has 0 aliphatic carbocycles. The highest BCUT2D eigenvalue weighted by Gasteiger charge is 2.21. The van der Waals surface area contributed by atoms with E-state index in [4.69, 9.17) is 5.48 Å². The summed E-state index contributed by atoms with van der Waals surface area (Å²) in [5.41, 5.74) is 16.3. The van der Waals surface area contributed by atoms with Crippen LogP contribution >= 0.6 is 0 Å². The van der Waals surface area contributed by atoms with Crippen LogP contribution in [0.1, 0.15) is 5.48 Å². The zero-order valence-corrected chi connectivity index (χ0v) is 36.1. The Morgan fingerprint density at radius 3 is 1.05 bits per heavy atom. The van der Waals surface area contributed by atoms with E-state index in [1.807, 2.05) is 97.1 Å². The van der Waals surface area contributed by atoms with Crippen molar-refractivity contribution in [2.24, 2.45) is 0 Å². The summed E-state index contributed by atoms with van der Waals surface area (Å²) in [7, 11) is 0. The minimum atomic E-state index is 0.469. The van der Waals surface area contributed by atoms with Gasteiger partial charge in [0.2, 0.25) is 0 Å². The molecule has 312 valence electrons. The predicted molar refractivity (Wildman–Crippen MR) is 280 cm³/mol. The minimum Gasteiger partial charge on any atom is -0.310 e. The second-order valence-corrected chi connectivity index (χ2v) is 16.3. The summed E-state index contributed by atoms with van der Waals surface area (Å²) in [5, 5.41) is 2.31. The predicted octanol–water partition coefficient (Wildman–Crippen LogP) is 18.1. The normalized spacial score (nSPS) is 11.9. The lowest BCUT2D eigenvalue weighted by atomic mass is 9.96. The number of fused-ring (bicyclic) bond motifs is 1. The van der Waals surface area contributed by atoms with E-state index >= 15 is 0 Å². The van der Waals surface area contributed by atoms with Crippen molar-refractivity contribution < 1.29 is 5.48 Å². The van der Waals surface area contributed by atoms with Crippen LogP contribution in [0, 0.1) is 0 Å². The van der Waals surface area contributed by atoms with Crippen LogP contribution < -0.4 is 9.80 Å². The van der Waals surface area contributed by atoms with Gasteiger partial charge in [-0.2, -0.15) is 0 Å². The van der Waals surface area contributed by atoms with Gasteiger partial charge in [-0.05, 0) is 133 Å². The molecule has 66 heavy (non-hydrogen) atoms.